The van der Waals surface area contributed by atoms with Crippen LogP contribution in [-0.4, -0.2) is 34.2 Å². The molecule has 4 heterocycles. The SMILES string of the molecule is Cc1ccc2c(-c3cc4c(CN5CCCC[C@H]5CCO)cnc(C)c4o3)cc(=O)oc2c1C. The van der Waals surface area contributed by atoms with Crippen LogP contribution in [0.1, 0.15) is 48.1 Å². The predicted molar refractivity (Wildman–Crippen MR) is 129 cm³/mol. The zero-order chi connectivity index (χ0) is 23.1. The van der Waals surface area contributed by atoms with Gasteiger partial charge in [-0.2, -0.15) is 0 Å². The van der Waals surface area contributed by atoms with E-state index in [9.17, 15) is 9.90 Å². The number of aliphatic hydroxyl groups excluding tert-OH is 1. The van der Waals surface area contributed by atoms with Crippen molar-refractivity contribution in [2.24, 2.45) is 0 Å². The smallest absolute Gasteiger partial charge is 0.336 e. The lowest BCUT2D eigenvalue weighted by Crippen LogP contribution is -2.39. The molecule has 6 nitrogen and oxygen atoms in total. The van der Waals surface area contributed by atoms with Crippen LogP contribution in [0.2, 0.25) is 0 Å². The highest BCUT2D eigenvalue weighted by atomic mass is 16.4. The van der Waals surface area contributed by atoms with E-state index in [1.54, 1.807) is 0 Å². The molecule has 172 valence electrons. The lowest BCUT2D eigenvalue weighted by atomic mass is 9.98. The van der Waals surface area contributed by atoms with E-state index in [0.717, 1.165) is 70.2 Å². The molecule has 1 aliphatic rings. The molecular formula is C27H30N2O4. The van der Waals surface area contributed by atoms with Crippen LogP contribution in [0.4, 0.5) is 0 Å². The molecule has 1 aliphatic heterocycles. The van der Waals surface area contributed by atoms with Crippen LogP contribution in [0.15, 0.2) is 44.1 Å². The Kier molecular flexibility index (Phi) is 5.81. The van der Waals surface area contributed by atoms with Gasteiger partial charge < -0.3 is 13.9 Å². The number of aliphatic hydroxyl groups is 1. The fourth-order valence-electron chi connectivity index (χ4n) is 5.09. The number of pyridine rings is 1. The average Bonchev–Trinajstić information content (AvgIpc) is 3.26. The topological polar surface area (TPSA) is 79.7 Å². The van der Waals surface area contributed by atoms with E-state index in [-0.39, 0.29) is 12.2 Å². The van der Waals surface area contributed by atoms with Gasteiger partial charge in [0, 0.05) is 47.8 Å². The van der Waals surface area contributed by atoms with E-state index >= 15 is 0 Å². The Morgan fingerprint density at radius 3 is 2.76 bits per heavy atom. The number of benzene rings is 1. The summed E-state index contributed by atoms with van der Waals surface area (Å²) in [5, 5.41) is 11.4. The van der Waals surface area contributed by atoms with Gasteiger partial charge in [0.25, 0.3) is 0 Å². The number of nitrogens with zero attached hydrogens (tertiary/aromatic N) is 2. The normalized spacial score (nSPS) is 17.3. The molecule has 0 aliphatic carbocycles. The predicted octanol–water partition coefficient (Wildman–Crippen LogP) is 5.26. The minimum absolute atomic E-state index is 0.209. The number of aromatic nitrogens is 1. The van der Waals surface area contributed by atoms with Crippen molar-refractivity contribution in [3.8, 4) is 11.3 Å². The van der Waals surface area contributed by atoms with E-state index < -0.39 is 0 Å². The minimum Gasteiger partial charge on any atom is -0.454 e. The molecule has 0 amide bonds. The first-order valence-corrected chi connectivity index (χ1v) is 11.7. The Labute approximate surface area is 192 Å². The highest BCUT2D eigenvalue weighted by Crippen LogP contribution is 2.36. The van der Waals surface area contributed by atoms with Gasteiger partial charge in [0.15, 0.2) is 5.58 Å². The number of hydrogen-bond donors (Lipinski definition) is 1. The Morgan fingerprint density at radius 1 is 1.09 bits per heavy atom. The van der Waals surface area contributed by atoms with Crippen molar-refractivity contribution < 1.29 is 13.9 Å². The third-order valence-corrected chi connectivity index (χ3v) is 7.10. The highest BCUT2D eigenvalue weighted by Gasteiger charge is 2.24. The first-order valence-electron chi connectivity index (χ1n) is 11.7. The molecule has 0 radical (unpaired) electrons. The van der Waals surface area contributed by atoms with Gasteiger partial charge in [-0.25, -0.2) is 4.79 Å². The molecule has 0 spiro atoms. The van der Waals surface area contributed by atoms with Gasteiger partial charge in [0.1, 0.15) is 11.3 Å². The van der Waals surface area contributed by atoms with Crippen LogP contribution in [-0.2, 0) is 6.54 Å². The molecule has 1 N–H and O–H groups in total. The number of piperidine rings is 1. The summed E-state index contributed by atoms with van der Waals surface area (Å²) < 4.78 is 11.9. The summed E-state index contributed by atoms with van der Waals surface area (Å²) in [6, 6.07) is 7.97. The summed E-state index contributed by atoms with van der Waals surface area (Å²) in [5.41, 5.74) is 5.68. The molecule has 3 aromatic heterocycles. The molecule has 5 rings (SSSR count). The van der Waals surface area contributed by atoms with Gasteiger partial charge in [-0.1, -0.05) is 18.6 Å². The lowest BCUT2D eigenvalue weighted by molar-refractivity contribution is 0.113. The highest BCUT2D eigenvalue weighted by molar-refractivity contribution is 5.97. The molecule has 33 heavy (non-hydrogen) atoms. The van der Waals surface area contributed by atoms with E-state index in [0.29, 0.717) is 17.4 Å². The van der Waals surface area contributed by atoms with Crippen molar-refractivity contribution in [3.05, 3.63) is 63.3 Å². The van der Waals surface area contributed by atoms with Crippen LogP contribution in [0.3, 0.4) is 0 Å². The van der Waals surface area contributed by atoms with Crippen molar-refractivity contribution in [1.29, 1.82) is 0 Å². The van der Waals surface area contributed by atoms with E-state index in [2.05, 4.69) is 9.88 Å². The third-order valence-electron chi connectivity index (χ3n) is 7.10. The zero-order valence-corrected chi connectivity index (χ0v) is 19.5. The van der Waals surface area contributed by atoms with Gasteiger partial charge in [-0.05, 0) is 69.3 Å². The van der Waals surface area contributed by atoms with Gasteiger partial charge in [0.05, 0.1) is 5.69 Å². The largest absolute Gasteiger partial charge is 0.454 e. The summed E-state index contributed by atoms with van der Waals surface area (Å²) in [7, 11) is 0. The lowest BCUT2D eigenvalue weighted by Gasteiger charge is -2.35. The van der Waals surface area contributed by atoms with Crippen molar-refractivity contribution in [2.75, 3.05) is 13.2 Å². The number of likely N-dealkylation sites (tertiary alicyclic amines) is 1. The second-order valence-electron chi connectivity index (χ2n) is 9.22. The molecule has 0 bridgehead atoms. The summed E-state index contributed by atoms with van der Waals surface area (Å²) >= 11 is 0. The van der Waals surface area contributed by atoms with Crippen LogP contribution >= 0.6 is 0 Å². The molecular weight excluding hydrogens is 416 g/mol. The Bertz CT molecular complexity index is 1380. The Hall–Kier alpha value is -2.96. The fourth-order valence-corrected chi connectivity index (χ4v) is 5.09. The number of furan rings is 1. The van der Waals surface area contributed by atoms with E-state index in [1.807, 2.05) is 45.2 Å². The maximum atomic E-state index is 12.4. The van der Waals surface area contributed by atoms with Gasteiger partial charge in [0.2, 0.25) is 0 Å². The number of rotatable bonds is 5. The monoisotopic (exact) mass is 446 g/mol. The molecule has 1 saturated heterocycles. The molecule has 1 aromatic carbocycles. The molecule has 1 atom stereocenters. The van der Waals surface area contributed by atoms with Crippen LogP contribution < -0.4 is 5.63 Å². The maximum absolute atomic E-state index is 12.4. The zero-order valence-electron chi connectivity index (χ0n) is 19.5. The molecule has 0 unspecified atom stereocenters. The first kappa shape index (κ1) is 21.9. The summed E-state index contributed by atoms with van der Waals surface area (Å²) in [6.45, 7) is 7.92. The number of fused-ring (bicyclic) bond motifs is 2. The summed E-state index contributed by atoms with van der Waals surface area (Å²) in [5.74, 6) is 0.647. The van der Waals surface area contributed by atoms with Crippen molar-refractivity contribution in [3.63, 3.8) is 0 Å². The van der Waals surface area contributed by atoms with Crippen molar-refractivity contribution >= 4 is 21.9 Å². The van der Waals surface area contributed by atoms with Crippen molar-refractivity contribution in [1.82, 2.24) is 9.88 Å². The minimum atomic E-state index is -0.387. The first-order chi connectivity index (χ1) is 16.0. The fraction of sp³-hybridized carbons (Fsp3) is 0.407. The maximum Gasteiger partial charge on any atom is 0.336 e. The number of hydrogen-bond acceptors (Lipinski definition) is 6. The van der Waals surface area contributed by atoms with Gasteiger partial charge in [-0.15, -0.1) is 0 Å². The van der Waals surface area contributed by atoms with Gasteiger partial charge in [-0.3, -0.25) is 9.88 Å². The molecule has 4 aromatic rings. The average molecular weight is 447 g/mol. The van der Waals surface area contributed by atoms with E-state index in [1.165, 1.54) is 18.9 Å². The standard InChI is InChI=1S/C27H30N2O4/c1-16-7-8-21-23(13-25(31)33-26(21)17(16)2)24-12-22-19(14-28-18(3)27(22)32-24)15-29-10-5-4-6-20(29)9-11-30/h7-8,12-14,20,30H,4-6,9-11,15H2,1-3H3/t20-/m0/s1. The Balaban J connectivity index is 1.62. The van der Waals surface area contributed by atoms with E-state index in [4.69, 9.17) is 8.83 Å². The molecule has 1 fully saturated rings. The third kappa shape index (κ3) is 3.98. The Morgan fingerprint density at radius 2 is 1.94 bits per heavy atom. The molecule has 6 heteroatoms. The van der Waals surface area contributed by atoms with Crippen LogP contribution in [0.25, 0.3) is 33.3 Å². The second-order valence-corrected chi connectivity index (χ2v) is 9.22. The van der Waals surface area contributed by atoms with Gasteiger partial charge >= 0.3 is 5.63 Å². The van der Waals surface area contributed by atoms with Crippen LogP contribution in [0, 0.1) is 20.8 Å². The van der Waals surface area contributed by atoms with Crippen LogP contribution in [0.5, 0.6) is 0 Å². The second kappa shape index (κ2) is 8.76. The summed E-state index contributed by atoms with van der Waals surface area (Å²) in [4.78, 5) is 19.5. The number of aryl methyl sites for hydroxylation is 3. The molecule has 0 saturated carbocycles. The van der Waals surface area contributed by atoms with Crippen molar-refractivity contribution in [2.45, 2.75) is 59.0 Å². The summed E-state index contributed by atoms with van der Waals surface area (Å²) in [6.07, 6.45) is 6.23. The quantitative estimate of drug-likeness (QED) is 0.421.